The van der Waals surface area contributed by atoms with E-state index in [1.807, 2.05) is 0 Å². The van der Waals surface area contributed by atoms with Gasteiger partial charge < -0.3 is 4.74 Å². The zero-order chi connectivity index (χ0) is 12.2. The third-order valence-corrected chi connectivity index (χ3v) is 5.06. The Morgan fingerprint density at radius 2 is 1.94 bits per heavy atom. The molecular weight excluding hydrogens is 228 g/mol. The van der Waals surface area contributed by atoms with Crippen molar-refractivity contribution in [1.29, 1.82) is 0 Å². The molecule has 4 nitrogen and oxygen atoms in total. The molecule has 94 valence electrons. The SMILES string of the molecule is COC(=O)C(C)CS(=O)(=O)CC1CCCC1. The van der Waals surface area contributed by atoms with Crippen molar-refractivity contribution < 1.29 is 17.9 Å². The van der Waals surface area contributed by atoms with E-state index < -0.39 is 21.7 Å². The second kappa shape index (κ2) is 5.66. The summed E-state index contributed by atoms with van der Waals surface area (Å²) in [5.41, 5.74) is 0. The summed E-state index contributed by atoms with van der Waals surface area (Å²) < 4.78 is 28.1. The van der Waals surface area contributed by atoms with E-state index in [4.69, 9.17) is 0 Å². The van der Waals surface area contributed by atoms with Gasteiger partial charge in [0.2, 0.25) is 0 Å². The molecule has 0 spiro atoms. The molecule has 1 aliphatic carbocycles. The number of sulfone groups is 1. The maximum absolute atomic E-state index is 11.8. The Labute approximate surface area is 97.3 Å². The summed E-state index contributed by atoms with van der Waals surface area (Å²) in [6.45, 7) is 1.60. The molecule has 1 rings (SSSR count). The van der Waals surface area contributed by atoms with Crippen LogP contribution in [-0.2, 0) is 19.4 Å². The van der Waals surface area contributed by atoms with Gasteiger partial charge in [-0.25, -0.2) is 8.42 Å². The van der Waals surface area contributed by atoms with Crippen molar-refractivity contribution in [2.75, 3.05) is 18.6 Å². The number of hydrogen-bond donors (Lipinski definition) is 0. The van der Waals surface area contributed by atoms with Crippen molar-refractivity contribution in [3.8, 4) is 0 Å². The van der Waals surface area contributed by atoms with Crippen molar-refractivity contribution in [1.82, 2.24) is 0 Å². The summed E-state index contributed by atoms with van der Waals surface area (Å²) in [6.07, 6.45) is 4.27. The summed E-state index contributed by atoms with van der Waals surface area (Å²) in [7, 11) is -1.84. The van der Waals surface area contributed by atoms with Crippen molar-refractivity contribution in [2.24, 2.45) is 11.8 Å². The summed E-state index contributed by atoms with van der Waals surface area (Å²) in [6, 6.07) is 0. The van der Waals surface area contributed by atoms with Gasteiger partial charge in [0.25, 0.3) is 0 Å². The number of esters is 1. The quantitative estimate of drug-likeness (QED) is 0.690. The summed E-state index contributed by atoms with van der Waals surface area (Å²) in [5, 5.41) is 0. The number of ether oxygens (including phenoxy) is 1. The van der Waals surface area contributed by atoms with Crippen molar-refractivity contribution in [3.63, 3.8) is 0 Å². The topological polar surface area (TPSA) is 60.4 Å². The highest BCUT2D eigenvalue weighted by Crippen LogP contribution is 2.26. The first-order valence-electron chi connectivity index (χ1n) is 5.73. The van der Waals surface area contributed by atoms with Crippen LogP contribution in [0.3, 0.4) is 0 Å². The second-order valence-electron chi connectivity index (χ2n) is 4.65. The average Bonchev–Trinajstić information content (AvgIpc) is 2.67. The Morgan fingerprint density at radius 3 is 2.44 bits per heavy atom. The molecule has 0 bridgehead atoms. The number of carbonyl (C=O) groups is 1. The lowest BCUT2D eigenvalue weighted by molar-refractivity contribution is -0.144. The highest BCUT2D eigenvalue weighted by molar-refractivity contribution is 7.91. The summed E-state index contributed by atoms with van der Waals surface area (Å²) in [5.74, 6) is -0.564. The Bertz CT molecular complexity index is 328. The number of rotatable bonds is 5. The standard InChI is InChI=1S/C11H20O4S/c1-9(11(12)15-2)7-16(13,14)8-10-5-3-4-6-10/h9-10H,3-8H2,1-2H3. The third kappa shape index (κ3) is 4.12. The van der Waals surface area contributed by atoms with E-state index in [1.165, 1.54) is 7.11 Å². The first-order chi connectivity index (χ1) is 7.44. The van der Waals surface area contributed by atoms with Crippen LogP contribution in [0.15, 0.2) is 0 Å². The normalized spacial score (nSPS) is 19.6. The van der Waals surface area contributed by atoms with E-state index in [0.29, 0.717) is 5.92 Å². The van der Waals surface area contributed by atoms with Gasteiger partial charge in [-0.1, -0.05) is 19.8 Å². The monoisotopic (exact) mass is 248 g/mol. The van der Waals surface area contributed by atoms with E-state index in [0.717, 1.165) is 25.7 Å². The molecule has 1 aliphatic rings. The molecule has 1 atom stereocenters. The van der Waals surface area contributed by atoms with Crippen LogP contribution in [0.25, 0.3) is 0 Å². The molecule has 5 heteroatoms. The number of carbonyl (C=O) groups excluding carboxylic acids is 1. The molecule has 0 aromatic rings. The van der Waals surface area contributed by atoms with Gasteiger partial charge in [-0.05, 0) is 18.8 Å². The minimum Gasteiger partial charge on any atom is -0.469 e. The molecule has 16 heavy (non-hydrogen) atoms. The Kier molecular flexibility index (Phi) is 4.77. The Morgan fingerprint density at radius 1 is 1.38 bits per heavy atom. The van der Waals surface area contributed by atoms with Crippen LogP contribution in [0.2, 0.25) is 0 Å². The fourth-order valence-corrected chi connectivity index (χ4v) is 4.34. The lowest BCUT2D eigenvalue weighted by Crippen LogP contribution is -2.26. The molecule has 0 saturated heterocycles. The summed E-state index contributed by atoms with van der Waals surface area (Å²) in [4.78, 5) is 11.1. The van der Waals surface area contributed by atoms with E-state index in [-0.39, 0.29) is 11.5 Å². The van der Waals surface area contributed by atoms with Crippen molar-refractivity contribution in [2.45, 2.75) is 32.6 Å². The molecule has 0 aromatic heterocycles. The average molecular weight is 248 g/mol. The molecule has 0 heterocycles. The van der Waals surface area contributed by atoms with Crippen LogP contribution in [0, 0.1) is 11.8 Å². The van der Waals surface area contributed by atoms with E-state index in [9.17, 15) is 13.2 Å². The maximum atomic E-state index is 11.8. The van der Waals surface area contributed by atoms with Crippen LogP contribution >= 0.6 is 0 Å². The van der Waals surface area contributed by atoms with Gasteiger partial charge in [-0.15, -0.1) is 0 Å². The lowest BCUT2D eigenvalue weighted by atomic mass is 10.1. The van der Waals surface area contributed by atoms with Gasteiger partial charge in [-0.3, -0.25) is 4.79 Å². The fourth-order valence-electron chi connectivity index (χ4n) is 2.25. The summed E-state index contributed by atoms with van der Waals surface area (Å²) >= 11 is 0. The Balaban J connectivity index is 2.47. The molecule has 1 unspecified atom stereocenters. The molecule has 1 fully saturated rings. The van der Waals surface area contributed by atoms with E-state index >= 15 is 0 Å². The van der Waals surface area contributed by atoms with Gasteiger partial charge in [-0.2, -0.15) is 0 Å². The highest BCUT2D eigenvalue weighted by atomic mass is 32.2. The molecule has 1 saturated carbocycles. The molecule has 0 aliphatic heterocycles. The number of hydrogen-bond acceptors (Lipinski definition) is 4. The minimum atomic E-state index is -3.12. The van der Waals surface area contributed by atoms with Crippen molar-refractivity contribution >= 4 is 15.8 Å². The van der Waals surface area contributed by atoms with Crippen molar-refractivity contribution in [3.05, 3.63) is 0 Å². The zero-order valence-electron chi connectivity index (χ0n) is 9.94. The first-order valence-corrected chi connectivity index (χ1v) is 7.55. The minimum absolute atomic E-state index is 0.0871. The first kappa shape index (κ1) is 13.5. The van der Waals surface area contributed by atoms with Crippen LogP contribution in [0.4, 0.5) is 0 Å². The van der Waals surface area contributed by atoms with Gasteiger partial charge in [0.15, 0.2) is 9.84 Å². The van der Waals surface area contributed by atoms with Gasteiger partial charge in [0.05, 0.1) is 24.5 Å². The third-order valence-electron chi connectivity index (χ3n) is 3.07. The lowest BCUT2D eigenvalue weighted by Gasteiger charge is -2.12. The predicted molar refractivity (Wildman–Crippen MR) is 61.8 cm³/mol. The maximum Gasteiger partial charge on any atom is 0.309 e. The van der Waals surface area contributed by atoms with Gasteiger partial charge >= 0.3 is 5.97 Å². The fraction of sp³-hybridized carbons (Fsp3) is 0.909. The predicted octanol–water partition coefficient (Wildman–Crippen LogP) is 1.40. The molecule has 0 N–H and O–H groups in total. The van der Waals surface area contributed by atoms with Crippen LogP contribution in [-0.4, -0.2) is 33.0 Å². The van der Waals surface area contributed by atoms with Gasteiger partial charge in [0.1, 0.15) is 0 Å². The molecule has 0 aromatic carbocycles. The molecular formula is C11H20O4S. The number of methoxy groups -OCH3 is 1. The van der Waals surface area contributed by atoms with Crippen LogP contribution in [0.1, 0.15) is 32.6 Å². The Hall–Kier alpha value is -0.580. The highest BCUT2D eigenvalue weighted by Gasteiger charge is 2.26. The van der Waals surface area contributed by atoms with Crippen LogP contribution < -0.4 is 0 Å². The molecule has 0 amide bonds. The van der Waals surface area contributed by atoms with E-state index in [1.54, 1.807) is 6.92 Å². The smallest absolute Gasteiger partial charge is 0.309 e. The van der Waals surface area contributed by atoms with Gasteiger partial charge in [0, 0.05) is 0 Å². The largest absolute Gasteiger partial charge is 0.469 e. The van der Waals surface area contributed by atoms with Crippen LogP contribution in [0.5, 0.6) is 0 Å². The molecule has 0 radical (unpaired) electrons. The zero-order valence-corrected chi connectivity index (χ0v) is 10.8. The van der Waals surface area contributed by atoms with E-state index in [2.05, 4.69) is 4.74 Å². The second-order valence-corrected chi connectivity index (χ2v) is 6.81.